The van der Waals surface area contributed by atoms with Crippen LogP contribution in [0.25, 0.3) is 11.0 Å². The van der Waals surface area contributed by atoms with Gasteiger partial charge in [-0.3, -0.25) is 9.69 Å². The molecule has 2 heterocycles. The number of benzene rings is 2. The van der Waals surface area contributed by atoms with Crippen molar-refractivity contribution in [3.05, 3.63) is 59.9 Å². The summed E-state index contributed by atoms with van der Waals surface area (Å²) in [6.07, 6.45) is 1.89. The third-order valence-electron chi connectivity index (χ3n) is 6.65. The molecule has 1 aliphatic rings. The van der Waals surface area contributed by atoms with Crippen molar-refractivity contribution in [2.75, 3.05) is 40.3 Å². The number of hydrogen-bond acceptors (Lipinski definition) is 5. The van der Waals surface area contributed by atoms with Gasteiger partial charge >= 0.3 is 0 Å². The topological polar surface area (TPSA) is 78.8 Å². The molecule has 0 N–H and O–H groups in total. The van der Waals surface area contributed by atoms with Crippen molar-refractivity contribution < 1.29 is 13.2 Å². The van der Waals surface area contributed by atoms with E-state index in [1.807, 2.05) is 24.0 Å². The minimum absolute atomic E-state index is 0.150. The summed E-state index contributed by atoms with van der Waals surface area (Å²) in [7, 11) is -0.490. The first-order valence-corrected chi connectivity index (χ1v) is 13.7. The summed E-state index contributed by atoms with van der Waals surface area (Å²) in [4.78, 5) is 22.4. The Morgan fingerprint density at radius 3 is 2.51 bits per heavy atom. The first-order valence-electron chi connectivity index (χ1n) is 12.3. The molecule has 9 heteroatoms. The van der Waals surface area contributed by atoms with Crippen molar-refractivity contribution in [3.8, 4) is 0 Å². The predicted octanol–water partition coefficient (Wildman–Crippen LogP) is 2.97. The molecular formula is C26H35N5O3S. The fourth-order valence-electron chi connectivity index (χ4n) is 4.67. The van der Waals surface area contributed by atoms with Crippen LogP contribution in [0.4, 0.5) is 0 Å². The predicted molar refractivity (Wildman–Crippen MR) is 138 cm³/mol. The van der Waals surface area contributed by atoms with Crippen LogP contribution in [0.1, 0.15) is 31.2 Å². The molecule has 2 aromatic carbocycles. The highest BCUT2D eigenvalue weighted by Gasteiger charge is 2.22. The van der Waals surface area contributed by atoms with Crippen LogP contribution in [0.3, 0.4) is 0 Å². The number of nitrogens with zero attached hydrogens (tertiary/aromatic N) is 5. The number of hydrogen-bond donors (Lipinski definition) is 0. The SMILES string of the molecule is CCn1c(CCC(=O)N2CCCN(Cc3ccccc3)CC2)nc2cc(S(=O)(=O)N(C)C)ccc21. The highest BCUT2D eigenvalue weighted by molar-refractivity contribution is 7.89. The second-order valence-corrected chi connectivity index (χ2v) is 11.4. The van der Waals surface area contributed by atoms with Gasteiger partial charge in [-0.25, -0.2) is 17.7 Å². The molecule has 0 bridgehead atoms. The third-order valence-corrected chi connectivity index (χ3v) is 8.46. The van der Waals surface area contributed by atoms with E-state index in [-0.39, 0.29) is 10.8 Å². The van der Waals surface area contributed by atoms with E-state index in [9.17, 15) is 13.2 Å². The smallest absolute Gasteiger partial charge is 0.242 e. The zero-order chi connectivity index (χ0) is 25.0. The Balaban J connectivity index is 1.40. The lowest BCUT2D eigenvalue weighted by Crippen LogP contribution is -2.35. The van der Waals surface area contributed by atoms with E-state index in [1.54, 1.807) is 12.1 Å². The summed E-state index contributed by atoms with van der Waals surface area (Å²) in [6, 6.07) is 15.5. The van der Waals surface area contributed by atoms with Crippen LogP contribution < -0.4 is 0 Å². The van der Waals surface area contributed by atoms with Crippen molar-refractivity contribution >= 4 is 27.0 Å². The Labute approximate surface area is 208 Å². The molecule has 0 spiro atoms. The fraction of sp³-hybridized carbons (Fsp3) is 0.462. The Hall–Kier alpha value is -2.75. The number of aryl methyl sites for hydroxylation is 2. The van der Waals surface area contributed by atoms with Crippen LogP contribution in [0.15, 0.2) is 53.4 Å². The molecule has 0 atom stereocenters. The lowest BCUT2D eigenvalue weighted by Gasteiger charge is -2.22. The molecule has 1 amide bonds. The third kappa shape index (κ3) is 5.74. The van der Waals surface area contributed by atoms with Gasteiger partial charge in [0.2, 0.25) is 15.9 Å². The summed E-state index contributed by atoms with van der Waals surface area (Å²) in [5.74, 6) is 0.966. The lowest BCUT2D eigenvalue weighted by molar-refractivity contribution is -0.131. The maximum Gasteiger partial charge on any atom is 0.242 e. The first-order chi connectivity index (χ1) is 16.8. The van der Waals surface area contributed by atoms with Crippen LogP contribution in [-0.4, -0.2) is 78.3 Å². The number of imidazole rings is 1. The van der Waals surface area contributed by atoms with Crippen LogP contribution >= 0.6 is 0 Å². The Morgan fingerprint density at radius 2 is 1.80 bits per heavy atom. The van der Waals surface area contributed by atoms with Crippen molar-refractivity contribution in [2.45, 2.75) is 44.2 Å². The van der Waals surface area contributed by atoms with Gasteiger partial charge in [0, 0.05) is 66.2 Å². The highest BCUT2D eigenvalue weighted by atomic mass is 32.2. The minimum Gasteiger partial charge on any atom is -0.341 e. The van der Waals surface area contributed by atoms with Gasteiger partial charge in [0.25, 0.3) is 0 Å². The van der Waals surface area contributed by atoms with Gasteiger partial charge < -0.3 is 9.47 Å². The maximum absolute atomic E-state index is 13.1. The number of sulfonamides is 1. The average Bonchev–Trinajstić information content (AvgIpc) is 3.04. The van der Waals surface area contributed by atoms with Gasteiger partial charge in [-0.1, -0.05) is 30.3 Å². The Bertz CT molecular complexity index is 1270. The molecular weight excluding hydrogens is 462 g/mol. The minimum atomic E-state index is -3.53. The van der Waals surface area contributed by atoms with E-state index in [0.29, 0.717) is 24.9 Å². The van der Waals surface area contributed by atoms with Gasteiger partial charge in [-0.2, -0.15) is 0 Å². The van der Waals surface area contributed by atoms with E-state index in [1.165, 1.54) is 24.0 Å². The summed E-state index contributed by atoms with van der Waals surface area (Å²) in [6.45, 7) is 7.03. The summed E-state index contributed by atoms with van der Waals surface area (Å²) < 4.78 is 28.3. The Kier molecular flexibility index (Phi) is 7.88. The molecule has 0 radical (unpaired) electrons. The van der Waals surface area contributed by atoms with Gasteiger partial charge in [-0.15, -0.1) is 0 Å². The van der Waals surface area contributed by atoms with Crippen LogP contribution in [0, 0.1) is 0 Å². The molecule has 3 aromatic rings. The van der Waals surface area contributed by atoms with Crippen LogP contribution in [0.5, 0.6) is 0 Å². The largest absolute Gasteiger partial charge is 0.341 e. The van der Waals surface area contributed by atoms with Crippen molar-refractivity contribution in [1.82, 2.24) is 23.7 Å². The molecule has 1 fully saturated rings. The molecule has 0 saturated carbocycles. The number of carbonyl (C=O) groups excluding carboxylic acids is 1. The number of carbonyl (C=O) groups is 1. The normalized spacial score (nSPS) is 15.6. The standard InChI is InChI=1S/C26H35N5O3S/c1-4-31-24-12-11-22(35(33,34)28(2)3)19-23(24)27-25(31)13-14-26(32)30-16-8-15-29(17-18-30)20-21-9-6-5-7-10-21/h5-7,9-12,19H,4,8,13-18,20H2,1-3H3. The second kappa shape index (κ2) is 10.9. The molecule has 1 aliphatic heterocycles. The number of amides is 1. The number of fused-ring (bicyclic) bond motifs is 1. The van der Waals surface area contributed by atoms with Gasteiger partial charge in [0.15, 0.2) is 0 Å². The molecule has 0 unspecified atom stereocenters. The summed E-state index contributed by atoms with van der Waals surface area (Å²) in [5, 5.41) is 0. The second-order valence-electron chi connectivity index (χ2n) is 9.21. The highest BCUT2D eigenvalue weighted by Crippen LogP contribution is 2.23. The molecule has 0 aliphatic carbocycles. The molecule has 35 heavy (non-hydrogen) atoms. The Morgan fingerprint density at radius 1 is 1.03 bits per heavy atom. The lowest BCUT2D eigenvalue weighted by atomic mass is 10.2. The zero-order valence-corrected chi connectivity index (χ0v) is 21.7. The van der Waals surface area contributed by atoms with Crippen LogP contribution in [0.2, 0.25) is 0 Å². The van der Waals surface area contributed by atoms with E-state index in [4.69, 9.17) is 4.98 Å². The summed E-state index contributed by atoms with van der Waals surface area (Å²) in [5.41, 5.74) is 2.83. The van der Waals surface area contributed by atoms with Gasteiger partial charge in [0.05, 0.1) is 15.9 Å². The molecule has 1 saturated heterocycles. The number of aromatic nitrogens is 2. The van der Waals surface area contributed by atoms with E-state index < -0.39 is 10.0 Å². The van der Waals surface area contributed by atoms with E-state index in [2.05, 4.69) is 33.7 Å². The molecule has 1 aromatic heterocycles. The summed E-state index contributed by atoms with van der Waals surface area (Å²) >= 11 is 0. The molecule has 188 valence electrons. The molecule has 4 rings (SSSR count). The van der Waals surface area contributed by atoms with Crippen LogP contribution in [-0.2, 0) is 34.3 Å². The van der Waals surface area contributed by atoms with E-state index >= 15 is 0 Å². The maximum atomic E-state index is 13.1. The first kappa shape index (κ1) is 25.3. The zero-order valence-electron chi connectivity index (χ0n) is 20.9. The quantitative estimate of drug-likeness (QED) is 0.478. The van der Waals surface area contributed by atoms with Crippen molar-refractivity contribution in [2.24, 2.45) is 0 Å². The molecule has 8 nitrogen and oxygen atoms in total. The monoisotopic (exact) mass is 497 g/mol. The van der Waals surface area contributed by atoms with Crippen molar-refractivity contribution in [3.63, 3.8) is 0 Å². The fourth-order valence-corrected chi connectivity index (χ4v) is 5.59. The van der Waals surface area contributed by atoms with Gasteiger partial charge in [0.1, 0.15) is 5.82 Å². The average molecular weight is 498 g/mol. The van der Waals surface area contributed by atoms with Gasteiger partial charge in [-0.05, 0) is 37.1 Å². The van der Waals surface area contributed by atoms with Crippen molar-refractivity contribution in [1.29, 1.82) is 0 Å². The van der Waals surface area contributed by atoms with E-state index in [0.717, 1.165) is 50.5 Å². The number of rotatable bonds is 8.